The van der Waals surface area contributed by atoms with Crippen molar-refractivity contribution in [1.82, 2.24) is 15.3 Å². The van der Waals surface area contributed by atoms with Crippen LogP contribution >= 0.6 is 0 Å². The van der Waals surface area contributed by atoms with E-state index in [1.165, 1.54) is 0 Å². The highest BCUT2D eigenvalue weighted by atomic mass is 16.2. The Bertz CT molecular complexity index is 700. The Morgan fingerprint density at radius 1 is 1.26 bits per heavy atom. The highest BCUT2D eigenvalue weighted by molar-refractivity contribution is 6.08. The third-order valence-corrected chi connectivity index (χ3v) is 3.94. The summed E-state index contributed by atoms with van der Waals surface area (Å²) in [6.07, 6.45) is 4.27. The number of imide groups is 1. The summed E-state index contributed by atoms with van der Waals surface area (Å²) in [4.78, 5) is 31.0. The monoisotopic (exact) mass is 255 g/mol. The molecule has 96 valence electrons. The van der Waals surface area contributed by atoms with Crippen LogP contribution in [0.25, 0.3) is 11.0 Å². The molecule has 5 nitrogen and oxygen atoms in total. The third-order valence-electron chi connectivity index (χ3n) is 3.94. The molecule has 0 aromatic carbocycles. The molecule has 19 heavy (non-hydrogen) atoms. The summed E-state index contributed by atoms with van der Waals surface area (Å²) in [5, 5.41) is 3.37. The number of nitrogens with zero attached hydrogens (tertiary/aromatic N) is 1. The maximum atomic E-state index is 12.0. The van der Waals surface area contributed by atoms with Crippen LogP contribution in [0.4, 0.5) is 0 Å². The van der Waals surface area contributed by atoms with E-state index in [1.807, 2.05) is 12.1 Å². The first-order valence-corrected chi connectivity index (χ1v) is 6.54. The molecule has 1 saturated carbocycles. The van der Waals surface area contributed by atoms with Gasteiger partial charge in [0.05, 0.1) is 5.92 Å². The normalized spacial score (nSPS) is 23.1. The lowest BCUT2D eigenvalue weighted by Crippen LogP contribution is -2.21. The summed E-state index contributed by atoms with van der Waals surface area (Å²) in [5.74, 6) is -0.236. The van der Waals surface area contributed by atoms with Gasteiger partial charge in [-0.3, -0.25) is 14.9 Å². The zero-order valence-corrected chi connectivity index (χ0v) is 10.3. The van der Waals surface area contributed by atoms with Crippen molar-refractivity contribution in [2.24, 2.45) is 0 Å². The molecule has 2 amide bonds. The van der Waals surface area contributed by atoms with Gasteiger partial charge in [0.25, 0.3) is 0 Å². The SMILES string of the molecule is O=C1CC(c2c(C3CC3)[nH]c3ncccc23)C(=O)N1. The fraction of sp³-hybridized carbons (Fsp3) is 0.357. The van der Waals surface area contributed by atoms with Gasteiger partial charge in [-0.05, 0) is 36.5 Å². The van der Waals surface area contributed by atoms with E-state index >= 15 is 0 Å². The number of amides is 2. The lowest BCUT2D eigenvalue weighted by Gasteiger charge is -2.08. The van der Waals surface area contributed by atoms with Gasteiger partial charge in [0.1, 0.15) is 5.65 Å². The average Bonchev–Trinajstić information content (AvgIpc) is 3.09. The smallest absolute Gasteiger partial charge is 0.234 e. The molecular weight excluding hydrogens is 242 g/mol. The van der Waals surface area contributed by atoms with Crippen molar-refractivity contribution in [3.63, 3.8) is 0 Å². The number of carbonyl (C=O) groups excluding carboxylic acids is 2. The second-order valence-corrected chi connectivity index (χ2v) is 5.30. The number of aromatic nitrogens is 2. The van der Waals surface area contributed by atoms with E-state index in [2.05, 4.69) is 15.3 Å². The summed E-state index contributed by atoms with van der Waals surface area (Å²) >= 11 is 0. The molecule has 2 N–H and O–H groups in total. The lowest BCUT2D eigenvalue weighted by atomic mass is 9.93. The standard InChI is InChI=1S/C14H13N3O2/c18-10-6-9(14(19)16-10)11-8-2-1-5-15-13(8)17-12(11)7-3-4-7/h1-2,5,7,9H,3-4,6H2,(H,15,17)(H,16,18,19). The van der Waals surface area contributed by atoms with Crippen molar-refractivity contribution in [1.29, 1.82) is 0 Å². The number of hydrogen-bond donors (Lipinski definition) is 2. The lowest BCUT2D eigenvalue weighted by molar-refractivity contribution is -0.125. The van der Waals surface area contributed by atoms with Crippen LogP contribution in [0.1, 0.15) is 42.4 Å². The van der Waals surface area contributed by atoms with Crippen LogP contribution in [0.3, 0.4) is 0 Å². The number of aromatic amines is 1. The van der Waals surface area contributed by atoms with Crippen molar-refractivity contribution in [3.8, 4) is 0 Å². The van der Waals surface area contributed by atoms with Crippen LogP contribution in [0.2, 0.25) is 0 Å². The van der Waals surface area contributed by atoms with Crippen molar-refractivity contribution in [2.75, 3.05) is 0 Å². The molecule has 1 saturated heterocycles. The topological polar surface area (TPSA) is 74.8 Å². The molecule has 1 aliphatic carbocycles. The van der Waals surface area contributed by atoms with Crippen LogP contribution < -0.4 is 5.32 Å². The molecule has 4 rings (SSSR count). The predicted octanol–water partition coefficient (Wildman–Crippen LogP) is 1.57. The maximum Gasteiger partial charge on any atom is 0.234 e. The Balaban J connectivity index is 1.93. The van der Waals surface area contributed by atoms with Crippen molar-refractivity contribution in [3.05, 3.63) is 29.6 Å². The van der Waals surface area contributed by atoms with E-state index in [0.29, 0.717) is 5.92 Å². The van der Waals surface area contributed by atoms with Gasteiger partial charge in [-0.2, -0.15) is 0 Å². The molecule has 1 atom stereocenters. The number of hydrogen-bond acceptors (Lipinski definition) is 3. The van der Waals surface area contributed by atoms with Gasteiger partial charge in [-0.25, -0.2) is 4.98 Å². The largest absolute Gasteiger partial charge is 0.343 e. The first kappa shape index (κ1) is 10.7. The molecule has 1 unspecified atom stereocenters. The highest BCUT2D eigenvalue weighted by Gasteiger charge is 2.39. The number of H-pyrrole nitrogens is 1. The van der Waals surface area contributed by atoms with Gasteiger partial charge in [0, 0.05) is 23.7 Å². The van der Waals surface area contributed by atoms with E-state index in [1.54, 1.807) is 6.20 Å². The highest BCUT2D eigenvalue weighted by Crippen LogP contribution is 2.46. The molecule has 3 heterocycles. The number of pyridine rings is 1. The van der Waals surface area contributed by atoms with Crippen molar-refractivity contribution >= 4 is 22.8 Å². The summed E-state index contributed by atoms with van der Waals surface area (Å²) in [6.45, 7) is 0. The van der Waals surface area contributed by atoms with E-state index in [9.17, 15) is 9.59 Å². The molecule has 0 radical (unpaired) electrons. The Hall–Kier alpha value is -2.17. The molecule has 1 aliphatic heterocycles. The second kappa shape index (κ2) is 3.66. The number of carbonyl (C=O) groups is 2. The van der Waals surface area contributed by atoms with E-state index in [-0.39, 0.29) is 24.2 Å². The van der Waals surface area contributed by atoms with E-state index in [4.69, 9.17) is 0 Å². The molecule has 0 spiro atoms. The Morgan fingerprint density at radius 3 is 2.79 bits per heavy atom. The minimum absolute atomic E-state index is 0.184. The molecule has 0 bridgehead atoms. The van der Waals surface area contributed by atoms with Gasteiger partial charge in [-0.1, -0.05) is 0 Å². The fourth-order valence-electron chi connectivity index (χ4n) is 2.92. The second-order valence-electron chi connectivity index (χ2n) is 5.30. The van der Waals surface area contributed by atoms with Crippen molar-refractivity contribution < 1.29 is 9.59 Å². The van der Waals surface area contributed by atoms with E-state index in [0.717, 1.165) is 35.1 Å². The first-order chi connectivity index (χ1) is 9.24. The molecule has 5 heteroatoms. The first-order valence-electron chi connectivity index (χ1n) is 6.54. The summed E-state index contributed by atoms with van der Waals surface area (Å²) in [6, 6.07) is 3.83. The molecular formula is C14H13N3O2. The van der Waals surface area contributed by atoms with Crippen LogP contribution in [0, 0.1) is 0 Å². The van der Waals surface area contributed by atoms with Crippen LogP contribution in [0.5, 0.6) is 0 Å². The quantitative estimate of drug-likeness (QED) is 0.800. The molecule has 2 aliphatic rings. The van der Waals surface area contributed by atoms with Crippen molar-refractivity contribution in [2.45, 2.75) is 31.1 Å². The molecule has 2 aromatic heterocycles. The number of fused-ring (bicyclic) bond motifs is 1. The fourth-order valence-corrected chi connectivity index (χ4v) is 2.92. The van der Waals surface area contributed by atoms with Gasteiger partial charge in [-0.15, -0.1) is 0 Å². The molecule has 2 aromatic rings. The van der Waals surface area contributed by atoms with Crippen LogP contribution in [-0.4, -0.2) is 21.8 Å². The Kier molecular flexibility index (Phi) is 2.07. The summed E-state index contributed by atoms with van der Waals surface area (Å²) < 4.78 is 0. The average molecular weight is 255 g/mol. The summed E-state index contributed by atoms with van der Waals surface area (Å²) in [7, 11) is 0. The number of nitrogens with one attached hydrogen (secondary N) is 2. The molecule has 2 fully saturated rings. The minimum atomic E-state index is -0.360. The predicted molar refractivity (Wildman–Crippen MR) is 68.6 cm³/mol. The van der Waals surface area contributed by atoms with Gasteiger partial charge < -0.3 is 4.98 Å². The van der Waals surface area contributed by atoms with Gasteiger partial charge in [0.15, 0.2) is 0 Å². The summed E-state index contributed by atoms with van der Waals surface area (Å²) in [5.41, 5.74) is 2.89. The van der Waals surface area contributed by atoms with Crippen LogP contribution in [-0.2, 0) is 9.59 Å². The third kappa shape index (κ3) is 1.58. The zero-order valence-electron chi connectivity index (χ0n) is 10.3. The Labute approximate surface area is 109 Å². The zero-order chi connectivity index (χ0) is 13.0. The Morgan fingerprint density at radius 2 is 2.11 bits per heavy atom. The van der Waals surface area contributed by atoms with Crippen LogP contribution in [0.15, 0.2) is 18.3 Å². The maximum absolute atomic E-state index is 12.0. The van der Waals surface area contributed by atoms with Gasteiger partial charge in [0.2, 0.25) is 11.8 Å². The number of rotatable bonds is 2. The van der Waals surface area contributed by atoms with Gasteiger partial charge >= 0.3 is 0 Å². The minimum Gasteiger partial charge on any atom is -0.343 e. The van der Waals surface area contributed by atoms with E-state index < -0.39 is 0 Å².